The summed E-state index contributed by atoms with van der Waals surface area (Å²) in [6, 6.07) is -0.105. The Labute approximate surface area is 94.6 Å². The summed E-state index contributed by atoms with van der Waals surface area (Å²) in [7, 11) is 0. The molecule has 4 heteroatoms. The van der Waals surface area contributed by atoms with Gasteiger partial charge in [0.1, 0.15) is 6.61 Å². The Bertz CT molecular complexity index is 359. The molecule has 4 nitrogen and oxygen atoms in total. The number of hydrogen-bond acceptors (Lipinski definition) is 3. The van der Waals surface area contributed by atoms with Crippen LogP contribution in [-0.2, 0) is 9.53 Å². The summed E-state index contributed by atoms with van der Waals surface area (Å²) in [4.78, 5) is 23.8. The van der Waals surface area contributed by atoms with Crippen LogP contribution in [0.25, 0.3) is 0 Å². The summed E-state index contributed by atoms with van der Waals surface area (Å²) in [6.45, 7) is 1.72. The van der Waals surface area contributed by atoms with E-state index in [-0.39, 0.29) is 11.9 Å². The molecule has 0 bridgehead atoms. The van der Waals surface area contributed by atoms with E-state index in [1.54, 1.807) is 0 Å². The molecular weight excluding hydrogens is 206 g/mol. The van der Waals surface area contributed by atoms with E-state index in [1.165, 1.54) is 11.8 Å². The molecular formula is C12H15NO3. The third kappa shape index (κ3) is 2.15. The second-order valence-electron chi connectivity index (χ2n) is 4.16. The molecule has 0 spiro atoms. The third-order valence-electron chi connectivity index (χ3n) is 2.94. The minimum Gasteiger partial charge on any atom is -0.447 e. The molecule has 0 N–H and O–H groups in total. The van der Waals surface area contributed by atoms with E-state index in [0.717, 1.165) is 12.8 Å². The van der Waals surface area contributed by atoms with Gasteiger partial charge in [0.15, 0.2) is 0 Å². The fourth-order valence-electron chi connectivity index (χ4n) is 2.18. The molecule has 0 aromatic carbocycles. The van der Waals surface area contributed by atoms with Crippen LogP contribution in [-0.4, -0.2) is 29.5 Å². The van der Waals surface area contributed by atoms with Crippen molar-refractivity contribution >= 4 is 12.0 Å². The van der Waals surface area contributed by atoms with Crippen molar-refractivity contribution in [2.45, 2.75) is 25.8 Å². The van der Waals surface area contributed by atoms with Crippen molar-refractivity contribution in [3.63, 3.8) is 0 Å². The summed E-state index contributed by atoms with van der Waals surface area (Å²) in [5.74, 6) is 0.161. The molecule has 2 atom stereocenters. The number of carbonyl (C=O) groups excluding carboxylic acids is 2. The lowest BCUT2D eigenvalue weighted by Gasteiger charge is -2.21. The summed E-state index contributed by atoms with van der Waals surface area (Å²) in [6.07, 6.45) is 9.47. The van der Waals surface area contributed by atoms with Gasteiger partial charge in [-0.2, -0.15) is 0 Å². The van der Waals surface area contributed by atoms with E-state index in [2.05, 4.69) is 12.2 Å². The molecule has 1 heterocycles. The zero-order valence-corrected chi connectivity index (χ0v) is 9.26. The van der Waals surface area contributed by atoms with E-state index in [9.17, 15) is 9.59 Å². The number of cyclic esters (lactones) is 1. The number of allylic oxidation sites excluding steroid dienone is 4. The Kier molecular flexibility index (Phi) is 3.08. The standard InChI is InChI=1S/C12H15NO3/c1-9(14)13-11(8-16-12(13)15)7-10-5-3-2-4-6-10/h2-5,10-11H,6-8H2,1H3/t10?,11-/m1/s1. The van der Waals surface area contributed by atoms with Gasteiger partial charge in [-0.05, 0) is 18.8 Å². The zero-order valence-electron chi connectivity index (χ0n) is 9.26. The van der Waals surface area contributed by atoms with Crippen LogP contribution >= 0.6 is 0 Å². The lowest BCUT2D eigenvalue weighted by atomic mass is 9.93. The van der Waals surface area contributed by atoms with Crippen LogP contribution in [0.1, 0.15) is 19.8 Å². The number of hydrogen-bond donors (Lipinski definition) is 0. The van der Waals surface area contributed by atoms with Crippen molar-refractivity contribution < 1.29 is 14.3 Å². The first-order valence-corrected chi connectivity index (χ1v) is 5.48. The van der Waals surface area contributed by atoms with Crippen LogP contribution in [0, 0.1) is 5.92 Å². The maximum atomic E-state index is 11.3. The molecule has 1 fully saturated rings. The average molecular weight is 221 g/mol. The van der Waals surface area contributed by atoms with Gasteiger partial charge < -0.3 is 4.74 Å². The first kappa shape index (κ1) is 10.9. The molecule has 1 aliphatic heterocycles. The molecule has 86 valence electrons. The minimum absolute atomic E-state index is 0.105. The Balaban J connectivity index is 1.99. The minimum atomic E-state index is -0.507. The SMILES string of the molecule is CC(=O)N1C(=O)OC[C@H]1CC1C=CC=CC1. The second-order valence-corrected chi connectivity index (χ2v) is 4.16. The molecule has 2 amide bonds. The van der Waals surface area contributed by atoms with E-state index in [1.807, 2.05) is 12.2 Å². The Morgan fingerprint density at radius 1 is 1.56 bits per heavy atom. The van der Waals surface area contributed by atoms with Gasteiger partial charge in [0.2, 0.25) is 5.91 Å². The molecule has 16 heavy (non-hydrogen) atoms. The van der Waals surface area contributed by atoms with E-state index in [0.29, 0.717) is 12.5 Å². The topological polar surface area (TPSA) is 46.6 Å². The van der Waals surface area contributed by atoms with Crippen molar-refractivity contribution in [2.24, 2.45) is 5.92 Å². The zero-order chi connectivity index (χ0) is 11.5. The number of imide groups is 1. The Morgan fingerprint density at radius 2 is 2.38 bits per heavy atom. The molecule has 1 aliphatic carbocycles. The van der Waals surface area contributed by atoms with E-state index in [4.69, 9.17) is 4.74 Å². The number of carbonyl (C=O) groups is 2. The summed E-state index contributed by atoms with van der Waals surface area (Å²) in [5, 5.41) is 0. The third-order valence-corrected chi connectivity index (χ3v) is 2.94. The lowest BCUT2D eigenvalue weighted by Crippen LogP contribution is -2.38. The summed E-state index contributed by atoms with van der Waals surface area (Å²) >= 11 is 0. The summed E-state index contributed by atoms with van der Waals surface area (Å²) < 4.78 is 4.90. The van der Waals surface area contributed by atoms with Crippen molar-refractivity contribution in [3.05, 3.63) is 24.3 Å². The monoisotopic (exact) mass is 221 g/mol. The van der Waals surface area contributed by atoms with Gasteiger partial charge in [-0.3, -0.25) is 4.79 Å². The first-order chi connectivity index (χ1) is 7.68. The van der Waals surface area contributed by atoms with Crippen molar-refractivity contribution in [2.75, 3.05) is 6.61 Å². The molecule has 0 aromatic rings. The molecule has 1 unspecified atom stereocenters. The fourth-order valence-corrected chi connectivity index (χ4v) is 2.18. The van der Waals surface area contributed by atoms with Crippen molar-refractivity contribution in [1.82, 2.24) is 4.90 Å². The number of amides is 2. The predicted octanol–water partition coefficient (Wildman–Crippen LogP) is 1.88. The van der Waals surface area contributed by atoms with Gasteiger partial charge in [-0.25, -0.2) is 9.69 Å². The molecule has 0 radical (unpaired) electrons. The van der Waals surface area contributed by atoms with Crippen LogP contribution in [0.2, 0.25) is 0 Å². The molecule has 1 saturated heterocycles. The Morgan fingerprint density at radius 3 is 3.00 bits per heavy atom. The molecule has 2 rings (SSSR count). The van der Waals surface area contributed by atoms with Gasteiger partial charge in [-0.1, -0.05) is 24.3 Å². The first-order valence-electron chi connectivity index (χ1n) is 5.48. The molecule has 0 saturated carbocycles. The van der Waals surface area contributed by atoms with E-state index >= 15 is 0 Å². The quantitative estimate of drug-likeness (QED) is 0.715. The smallest absolute Gasteiger partial charge is 0.416 e. The van der Waals surface area contributed by atoms with Gasteiger partial charge in [0.25, 0.3) is 0 Å². The van der Waals surface area contributed by atoms with Gasteiger partial charge in [0, 0.05) is 6.92 Å². The fraction of sp³-hybridized carbons (Fsp3) is 0.500. The highest BCUT2D eigenvalue weighted by molar-refractivity contribution is 5.92. The van der Waals surface area contributed by atoms with Gasteiger partial charge in [0.05, 0.1) is 6.04 Å². The van der Waals surface area contributed by atoms with Gasteiger partial charge >= 0.3 is 6.09 Å². The lowest BCUT2D eigenvalue weighted by molar-refractivity contribution is -0.127. The van der Waals surface area contributed by atoms with Crippen LogP contribution in [0.3, 0.4) is 0 Å². The van der Waals surface area contributed by atoms with Crippen LogP contribution < -0.4 is 0 Å². The number of ether oxygens (including phenoxy) is 1. The molecule has 0 aromatic heterocycles. The van der Waals surface area contributed by atoms with Crippen LogP contribution in [0.5, 0.6) is 0 Å². The van der Waals surface area contributed by atoms with E-state index < -0.39 is 6.09 Å². The van der Waals surface area contributed by atoms with Crippen LogP contribution in [0.4, 0.5) is 4.79 Å². The van der Waals surface area contributed by atoms with Crippen LogP contribution in [0.15, 0.2) is 24.3 Å². The van der Waals surface area contributed by atoms with Gasteiger partial charge in [-0.15, -0.1) is 0 Å². The maximum absolute atomic E-state index is 11.3. The number of nitrogens with zero attached hydrogens (tertiary/aromatic N) is 1. The Hall–Kier alpha value is -1.58. The normalized spacial score (nSPS) is 28.3. The summed E-state index contributed by atoms with van der Waals surface area (Å²) in [5.41, 5.74) is 0. The number of rotatable bonds is 2. The largest absolute Gasteiger partial charge is 0.447 e. The predicted molar refractivity (Wildman–Crippen MR) is 58.7 cm³/mol. The second kappa shape index (κ2) is 4.51. The highest BCUT2D eigenvalue weighted by Gasteiger charge is 2.36. The maximum Gasteiger partial charge on any atom is 0.416 e. The van der Waals surface area contributed by atoms with Crippen molar-refractivity contribution in [1.29, 1.82) is 0 Å². The average Bonchev–Trinajstić information content (AvgIpc) is 2.61. The molecule has 2 aliphatic rings. The highest BCUT2D eigenvalue weighted by atomic mass is 16.6. The highest BCUT2D eigenvalue weighted by Crippen LogP contribution is 2.24. The van der Waals surface area contributed by atoms with Crippen molar-refractivity contribution in [3.8, 4) is 0 Å².